The van der Waals surface area contributed by atoms with Crippen LogP contribution in [0.4, 0.5) is 11.6 Å². The highest BCUT2D eigenvalue weighted by Crippen LogP contribution is 2.40. The Morgan fingerprint density at radius 1 is 1.11 bits per heavy atom. The summed E-state index contributed by atoms with van der Waals surface area (Å²) >= 11 is 1.54. The molecule has 0 bridgehead atoms. The van der Waals surface area contributed by atoms with Crippen LogP contribution in [0.5, 0.6) is 17.2 Å². The highest BCUT2D eigenvalue weighted by atomic mass is 32.2. The third-order valence-electron chi connectivity index (χ3n) is 5.51. The minimum atomic E-state index is -0.538. The van der Waals surface area contributed by atoms with Crippen molar-refractivity contribution in [2.24, 2.45) is 0 Å². The summed E-state index contributed by atoms with van der Waals surface area (Å²) in [5.74, 6) is 2.92. The van der Waals surface area contributed by atoms with Gasteiger partial charge < -0.3 is 24.8 Å². The Kier molecular flexibility index (Phi) is 7.50. The minimum Gasteiger partial charge on any atom is -0.495 e. The molecule has 1 unspecified atom stereocenters. The quantitative estimate of drug-likeness (QED) is 0.411. The van der Waals surface area contributed by atoms with Gasteiger partial charge in [-0.25, -0.2) is 4.68 Å². The zero-order valence-corrected chi connectivity index (χ0v) is 21.2. The Labute approximate surface area is 208 Å². The second-order valence-corrected chi connectivity index (χ2v) is 8.89. The van der Waals surface area contributed by atoms with Gasteiger partial charge in [0.05, 0.1) is 32.1 Å². The average molecular weight is 496 g/mol. The second kappa shape index (κ2) is 10.7. The predicted molar refractivity (Wildman–Crippen MR) is 137 cm³/mol. The van der Waals surface area contributed by atoms with Gasteiger partial charge in [0.25, 0.3) is 5.91 Å². The van der Waals surface area contributed by atoms with Crippen LogP contribution < -0.4 is 24.8 Å². The van der Waals surface area contributed by atoms with Crippen molar-refractivity contribution in [3.05, 3.63) is 59.3 Å². The molecule has 1 amide bonds. The van der Waals surface area contributed by atoms with Crippen LogP contribution in [0.1, 0.15) is 32.4 Å². The van der Waals surface area contributed by atoms with Gasteiger partial charge in [0.2, 0.25) is 11.1 Å². The zero-order chi connectivity index (χ0) is 24.9. The summed E-state index contributed by atoms with van der Waals surface area (Å²) in [5, 5.41) is 11.6. The fourth-order valence-corrected chi connectivity index (χ4v) is 4.55. The minimum absolute atomic E-state index is 0.275. The van der Waals surface area contributed by atoms with Crippen LogP contribution in [0.2, 0.25) is 0 Å². The molecule has 1 aromatic heterocycles. The second-order valence-electron chi connectivity index (χ2n) is 7.66. The molecule has 2 N–H and O–H groups in total. The first-order valence-corrected chi connectivity index (χ1v) is 12.3. The lowest BCUT2D eigenvalue weighted by Gasteiger charge is -2.29. The number of fused-ring (bicyclic) bond motifs is 1. The summed E-state index contributed by atoms with van der Waals surface area (Å²) in [4.78, 5) is 18.3. The Bertz CT molecular complexity index is 1260. The number of carbonyl (C=O) groups excluding carboxylic acids is 1. The van der Waals surface area contributed by atoms with Crippen molar-refractivity contribution < 1.29 is 19.0 Å². The van der Waals surface area contributed by atoms with Gasteiger partial charge in [-0.2, -0.15) is 4.98 Å². The normalized spacial score (nSPS) is 14.7. The van der Waals surface area contributed by atoms with E-state index in [9.17, 15) is 4.79 Å². The Morgan fingerprint density at radius 2 is 1.89 bits per heavy atom. The number of allylic oxidation sites excluding steroid dienone is 1. The molecule has 2 aromatic carbocycles. The van der Waals surface area contributed by atoms with Crippen LogP contribution in [-0.2, 0) is 4.79 Å². The number of carbonyl (C=O) groups is 1. The van der Waals surface area contributed by atoms with E-state index in [1.165, 1.54) is 11.8 Å². The summed E-state index contributed by atoms with van der Waals surface area (Å²) < 4.78 is 18.4. The molecular formula is C25H29N5O4S. The number of anilines is 2. The molecule has 0 aliphatic carbocycles. The van der Waals surface area contributed by atoms with Gasteiger partial charge in [-0.3, -0.25) is 4.79 Å². The highest BCUT2D eigenvalue weighted by molar-refractivity contribution is 7.99. The first-order chi connectivity index (χ1) is 17.0. The summed E-state index contributed by atoms with van der Waals surface area (Å²) in [5.41, 5.74) is 2.58. The molecule has 4 rings (SSSR count). The van der Waals surface area contributed by atoms with Crippen LogP contribution in [0, 0.1) is 0 Å². The zero-order valence-electron chi connectivity index (χ0n) is 20.4. The largest absolute Gasteiger partial charge is 0.495 e. The van der Waals surface area contributed by atoms with E-state index < -0.39 is 6.04 Å². The van der Waals surface area contributed by atoms with Gasteiger partial charge in [-0.1, -0.05) is 36.9 Å². The SMILES string of the molecule is CCOc1ccc(C2C(C(=O)Nc3ccccc3OC)=C(C)Nc3nc(SCC)nn32)cc1OC. The van der Waals surface area contributed by atoms with Crippen LogP contribution in [0.25, 0.3) is 0 Å². The molecule has 1 aliphatic rings. The number of amides is 1. The molecule has 0 saturated heterocycles. The van der Waals surface area contributed by atoms with E-state index in [4.69, 9.17) is 19.3 Å². The first kappa shape index (κ1) is 24.5. The molecule has 35 heavy (non-hydrogen) atoms. The fourth-order valence-electron chi connectivity index (χ4n) is 3.99. The molecule has 0 saturated carbocycles. The van der Waals surface area contributed by atoms with Crippen molar-refractivity contribution in [1.82, 2.24) is 14.8 Å². The van der Waals surface area contributed by atoms with Crippen molar-refractivity contribution in [1.29, 1.82) is 0 Å². The van der Waals surface area contributed by atoms with E-state index in [1.54, 1.807) is 31.0 Å². The molecule has 10 heteroatoms. The van der Waals surface area contributed by atoms with Crippen molar-refractivity contribution in [3.63, 3.8) is 0 Å². The summed E-state index contributed by atoms with van der Waals surface area (Å²) in [7, 11) is 3.17. The third kappa shape index (κ3) is 4.93. The van der Waals surface area contributed by atoms with Gasteiger partial charge in [0.1, 0.15) is 11.8 Å². The number of nitrogens with zero attached hydrogens (tertiary/aromatic N) is 3. The maximum Gasteiger partial charge on any atom is 0.255 e. The van der Waals surface area contributed by atoms with Gasteiger partial charge in [0.15, 0.2) is 11.5 Å². The van der Waals surface area contributed by atoms with Crippen molar-refractivity contribution >= 4 is 29.3 Å². The van der Waals surface area contributed by atoms with E-state index in [-0.39, 0.29) is 5.91 Å². The molecule has 1 atom stereocenters. The number of methoxy groups -OCH3 is 2. The van der Waals surface area contributed by atoms with Crippen LogP contribution in [0.3, 0.4) is 0 Å². The van der Waals surface area contributed by atoms with Gasteiger partial charge in [-0.15, -0.1) is 5.10 Å². The monoisotopic (exact) mass is 495 g/mol. The summed E-state index contributed by atoms with van der Waals surface area (Å²) in [6.07, 6.45) is 0. The average Bonchev–Trinajstić information content (AvgIpc) is 3.26. The van der Waals surface area contributed by atoms with Crippen LogP contribution in [-0.4, -0.2) is 47.3 Å². The van der Waals surface area contributed by atoms with Gasteiger partial charge >= 0.3 is 0 Å². The lowest BCUT2D eigenvalue weighted by molar-refractivity contribution is -0.113. The molecule has 9 nitrogen and oxygen atoms in total. The van der Waals surface area contributed by atoms with Gasteiger partial charge in [0, 0.05) is 5.70 Å². The van der Waals surface area contributed by atoms with E-state index in [2.05, 4.69) is 15.6 Å². The number of thioether (sulfide) groups is 1. The molecule has 1 aliphatic heterocycles. The molecule has 184 valence electrons. The Balaban J connectivity index is 1.81. The number of benzene rings is 2. The van der Waals surface area contributed by atoms with Crippen molar-refractivity contribution in [2.45, 2.75) is 32.0 Å². The molecule has 3 aromatic rings. The number of hydrogen-bond acceptors (Lipinski definition) is 8. The van der Waals surface area contributed by atoms with E-state index in [0.29, 0.717) is 51.9 Å². The summed E-state index contributed by atoms with van der Waals surface area (Å²) in [6.45, 7) is 6.34. The Morgan fingerprint density at radius 3 is 2.60 bits per heavy atom. The van der Waals surface area contributed by atoms with Crippen molar-refractivity contribution in [2.75, 3.05) is 37.2 Å². The van der Waals surface area contributed by atoms with Gasteiger partial charge in [-0.05, 0) is 49.4 Å². The van der Waals surface area contributed by atoms with E-state index in [1.807, 2.05) is 51.1 Å². The lowest BCUT2D eigenvalue weighted by Crippen LogP contribution is -2.31. The van der Waals surface area contributed by atoms with Crippen LogP contribution in [0.15, 0.2) is 58.9 Å². The molecule has 0 fully saturated rings. The van der Waals surface area contributed by atoms with Crippen LogP contribution >= 0.6 is 11.8 Å². The number of rotatable bonds is 9. The first-order valence-electron chi connectivity index (χ1n) is 11.3. The third-order valence-corrected chi connectivity index (χ3v) is 6.23. The fraction of sp³-hybridized carbons (Fsp3) is 0.320. The summed E-state index contributed by atoms with van der Waals surface area (Å²) in [6, 6.07) is 12.4. The molecule has 0 spiro atoms. The maximum absolute atomic E-state index is 13.7. The molecular weight excluding hydrogens is 466 g/mol. The number of para-hydroxylation sites is 2. The number of hydrogen-bond donors (Lipinski definition) is 2. The standard InChI is InChI=1S/C25H29N5O4S/c1-6-34-19-13-12-16(14-20(19)33-5)22-21(23(31)27-17-10-8-9-11-18(17)32-4)15(3)26-24-28-25(35-7-2)29-30(22)24/h8-14,22H,6-7H2,1-5H3,(H,27,31)(H,26,28,29). The lowest BCUT2D eigenvalue weighted by atomic mass is 9.94. The molecule has 2 heterocycles. The predicted octanol–water partition coefficient (Wildman–Crippen LogP) is 4.73. The molecule has 0 radical (unpaired) electrons. The smallest absolute Gasteiger partial charge is 0.255 e. The van der Waals surface area contributed by atoms with Crippen molar-refractivity contribution in [3.8, 4) is 17.2 Å². The topological polar surface area (TPSA) is 99.5 Å². The Hall–Kier alpha value is -3.66. The number of ether oxygens (including phenoxy) is 3. The van der Waals surface area contributed by atoms with E-state index in [0.717, 1.165) is 11.3 Å². The number of nitrogens with one attached hydrogen (secondary N) is 2. The number of aromatic nitrogens is 3. The maximum atomic E-state index is 13.7. The van der Waals surface area contributed by atoms with E-state index >= 15 is 0 Å². The highest BCUT2D eigenvalue weighted by Gasteiger charge is 2.35.